The van der Waals surface area contributed by atoms with Crippen molar-refractivity contribution in [1.29, 1.82) is 5.26 Å². The molecule has 0 saturated heterocycles. The fraction of sp³-hybridized carbons (Fsp3) is 0.368. The molecule has 4 heteroatoms. The molecule has 3 nitrogen and oxygen atoms in total. The maximum atomic E-state index is 12.2. The van der Waals surface area contributed by atoms with E-state index in [2.05, 4.69) is 32.6 Å². The molecular weight excluding hydrogens is 352 g/mol. The quantitative estimate of drug-likeness (QED) is 0.567. The van der Waals surface area contributed by atoms with Crippen molar-refractivity contribution >= 4 is 21.7 Å². The van der Waals surface area contributed by atoms with Gasteiger partial charge in [-0.1, -0.05) is 28.8 Å². The van der Waals surface area contributed by atoms with Crippen LogP contribution in [0.15, 0.2) is 30.3 Å². The predicted octanol–water partition coefficient (Wildman–Crippen LogP) is 4.89. The first-order valence-electron chi connectivity index (χ1n) is 7.97. The molecule has 0 radical (unpaired) electrons. The van der Waals surface area contributed by atoms with Gasteiger partial charge in [0.15, 0.2) is 5.78 Å². The number of nitriles is 1. The van der Waals surface area contributed by atoms with Crippen molar-refractivity contribution in [3.8, 4) is 11.8 Å². The lowest BCUT2D eigenvalue weighted by Gasteiger charge is -2.16. The molecule has 3 rings (SSSR count). The number of alkyl halides is 1. The molecule has 0 amide bonds. The lowest BCUT2D eigenvalue weighted by molar-refractivity contribution is 0.102. The largest absolute Gasteiger partial charge is 0.317 e. The van der Waals surface area contributed by atoms with E-state index in [9.17, 15) is 4.79 Å². The van der Waals surface area contributed by atoms with E-state index in [-0.39, 0.29) is 5.78 Å². The van der Waals surface area contributed by atoms with E-state index in [1.54, 1.807) is 0 Å². The van der Waals surface area contributed by atoms with Crippen LogP contribution in [0.4, 0.5) is 0 Å². The van der Waals surface area contributed by atoms with Crippen molar-refractivity contribution in [1.82, 2.24) is 4.57 Å². The summed E-state index contributed by atoms with van der Waals surface area (Å²) in [6.07, 6.45) is 4.87. The second kappa shape index (κ2) is 6.72. The fourth-order valence-electron chi connectivity index (χ4n) is 3.53. The van der Waals surface area contributed by atoms with E-state index >= 15 is 0 Å². The number of hydrogen-bond acceptors (Lipinski definition) is 2. The van der Waals surface area contributed by atoms with Gasteiger partial charge in [-0.25, -0.2) is 0 Å². The van der Waals surface area contributed by atoms with Crippen LogP contribution < -0.4 is 0 Å². The van der Waals surface area contributed by atoms with Gasteiger partial charge in [0.25, 0.3) is 0 Å². The molecule has 1 heterocycles. The van der Waals surface area contributed by atoms with E-state index in [0.29, 0.717) is 16.8 Å². The molecule has 0 bridgehead atoms. The number of hydrogen-bond donors (Lipinski definition) is 0. The number of benzene rings is 1. The van der Waals surface area contributed by atoms with E-state index < -0.39 is 0 Å². The average Bonchev–Trinajstić information content (AvgIpc) is 3.22. The molecule has 2 aromatic rings. The first kappa shape index (κ1) is 16.0. The summed E-state index contributed by atoms with van der Waals surface area (Å²) in [5.41, 5.74) is 4.69. The Morgan fingerprint density at radius 1 is 1.30 bits per heavy atom. The number of rotatable bonds is 4. The Hall–Kier alpha value is -1.86. The highest BCUT2D eigenvalue weighted by molar-refractivity contribution is 9.09. The van der Waals surface area contributed by atoms with Gasteiger partial charge < -0.3 is 4.57 Å². The Labute approximate surface area is 145 Å². The summed E-state index contributed by atoms with van der Waals surface area (Å²) >= 11 is 3.28. The topological polar surface area (TPSA) is 45.8 Å². The normalized spacial score (nSPS) is 14.8. The summed E-state index contributed by atoms with van der Waals surface area (Å²) in [6, 6.07) is 11.8. The zero-order valence-corrected chi connectivity index (χ0v) is 14.8. The van der Waals surface area contributed by atoms with Gasteiger partial charge in [-0.2, -0.15) is 5.26 Å². The van der Waals surface area contributed by atoms with Crippen LogP contribution >= 0.6 is 15.9 Å². The molecule has 0 atom stereocenters. The molecule has 1 aliphatic carbocycles. The first-order valence-corrected chi connectivity index (χ1v) is 9.09. The Morgan fingerprint density at radius 2 is 1.96 bits per heavy atom. The molecular formula is C19H19BrN2O. The summed E-state index contributed by atoms with van der Waals surface area (Å²) in [6.45, 7) is 2.01. The molecule has 0 N–H and O–H groups in total. The van der Waals surface area contributed by atoms with E-state index in [4.69, 9.17) is 5.26 Å². The lowest BCUT2D eigenvalue weighted by atomic mass is 10.0. The number of nitrogens with zero attached hydrogens (tertiary/aromatic N) is 2. The zero-order valence-electron chi connectivity index (χ0n) is 13.2. The third-order valence-corrected chi connectivity index (χ3v) is 5.23. The maximum absolute atomic E-state index is 12.2. The molecule has 1 fully saturated rings. The monoisotopic (exact) mass is 370 g/mol. The lowest BCUT2D eigenvalue weighted by Crippen LogP contribution is -2.06. The van der Waals surface area contributed by atoms with Gasteiger partial charge >= 0.3 is 0 Å². The van der Waals surface area contributed by atoms with Gasteiger partial charge in [-0.15, -0.1) is 0 Å². The Balaban J connectivity index is 2.13. The summed E-state index contributed by atoms with van der Waals surface area (Å²) in [7, 11) is 0. The second-order valence-electron chi connectivity index (χ2n) is 6.10. The number of aromatic nitrogens is 1. The molecule has 0 aliphatic heterocycles. The standard InChI is InChI=1S/C19H19BrN2O/c1-13-17(19(23)11-20)10-18(15-4-2-3-5-15)22(13)16-8-6-14(12-21)7-9-16/h6-10,15H,2-5,11H2,1H3. The Morgan fingerprint density at radius 3 is 2.52 bits per heavy atom. The molecule has 1 aliphatic rings. The van der Waals surface area contributed by atoms with Crippen LogP contribution in [0.1, 0.15) is 58.9 Å². The van der Waals surface area contributed by atoms with Crippen molar-refractivity contribution in [2.75, 3.05) is 5.33 Å². The number of carbonyl (C=O) groups excluding carboxylic acids is 1. The molecule has 0 unspecified atom stereocenters. The number of carbonyl (C=O) groups is 1. The zero-order chi connectivity index (χ0) is 16.4. The number of Topliss-reactive ketones (excluding diaryl/α,β-unsaturated/α-hetero) is 1. The molecule has 23 heavy (non-hydrogen) atoms. The summed E-state index contributed by atoms with van der Waals surface area (Å²) in [4.78, 5) is 12.2. The minimum absolute atomic E-state index is 0.120. The van der Waals surface area contributed by atoms with Crippen LogP contribution in [0.25, 0.3) is 5.69 Å². The third kappa shape index (κ3) is 2.98. The highest BCUT2D eigenvalue weighted by Gasteiger charge is 2.25. The van der Waals surface area contributed by atoms with Crippen molar-refractivity contribution in [3.05, 3.63) is 52.8 Å². The van der Waals surface area contributed by atoms with Gasteiger partial charge in [-0.3, -0.25) is 4.79 Å². The van der Waals surface area contributed by atoms with E-state index in [1.165, 1.54) is 31.4 Å². The fourth-order valence-corrected chi connectivity index (χ4v) is 3.84. The number of halogens is 1. The van der Waals surface area contributed by atoms with Crippen LogP contribution in [0.2, 0.25) is 0 Å². The molecule has 0 spiro atoms. The molecule has 1 saturated carbocycles. The summed E-state index contributed by atoms with van der Waals surface area (Å²) < 4.78 is 2.20. The minimum Gasteiger partial charge on any atom is -0.317 e. The van der Waals surface area contributed by atoms with Crippen molar-refractivity contribution < 1.29 is 4.79 Å². The van der Waals surface area contributed by atoms with Gasteiger partial charge in [0, 0.05) is 22.6 Å². The predicted molar refractivity (Wildman–Crippen MR) is 94.6 cm³/mol. The van der Waals surface area contributed by atoms with Crippen LogP contribution in [-0.2, 0) is 0 Å². The third-order valence-electron chi connectivity index (χ3n) is 4.73. The maximum Gasteiger partial charge on any atom is 0.175 e. The number of ketones is 1. The van der Waals surface area contributed by atoms with Gasteiger partial charge in [0.2, 0.25) is 0 Å². The SMILES string of the molecule is Cc1c(C(=O)CBr)cc(C2CCCC2)n1-c1ccc(C#N)cc1. The Kier molecular flexibility index (Phi) is 4.68. The molecule has 118 valence electrons. The van der Waals surface area contributed by atoms with Crippen LogP contribution in [0, 0.1) is 18.3 Å². The van der Waals surface area contributed by atoms with Gasteiger partial charge in [0.1, 0.15) is 0 Å². The van der Waals surface area contributed by atoms with Gasteiger partial charge in [0.05, 0.1) is 17.0 Å². The molecule has 1 aromatic carbocycles. The highest BCUT2D eigenvalue weighted by Crippen LogP contribution is 2.37. The van der Waals surface area contributed by atoms with E-state index in [0.717, 1.165) is 16.9 Å². The van der Waals surface area contributed by atoms with Crippen molar-refractivity contribution in [2.24, 2.45) is 0 Å². The van der Waals surface area contributed by atoms with Crippen LogP contribution in [0.3, 0.4) is 0 Å². The van der Waals surface area contributed by atoms with E-state index in [1.807, 2.05) is 31.2 Å². The van der Waals surface area contributed by atoms with Crippen LogP contribution in [-0.4, -0.2) is 15.7 Å². The summed E-state index contributed by atoms with van der Waals surface area (Å²) in [5.74, 6) is 0.635. The average molecular weight is 371 g/mol. The van der Waals surface area contributed by atoms with Crippen molar-refractivity contribution in [3.63, 3.8) is 0 Å². The minimum atomic E-state index is 0.120. The highest BCUT2D eigenvalue weighted by atomic mass is 79.9. The molecule has 1 aromatic heterocycles. The van der Waals surface area contributed by atoms with Gasteiger partial charge in [-0.05, 0) is 56.0 Å². The summed E-state index contributed by atoms with van der Waals surface area (Å²) in [5, 5.41) is 9.33. The Bertz CT molecular complexity index is 762. The van der Waals surface area contributed by atoms with Crippen LogP contribution in [0.5, 0.6) is 0 Å². The first-order chi connectivity index (χ1) is 11.2. The van der Waals surface area contributed by atoms with Crippen molar-refractivity contribution in [2.45, 2.75) is 38.5 Å². The smallest absolute Gasteiger partial charge is 0.175 e. The second-order valence-corrected chi connectivity index (χ2v) is 6.66.